The van der Waals surface area contributed by atoms with Crippen molar-refractivity contribution in [1.29, 1.82) is 0 Å². The Bertz CT molecular complexity index is 561. The molecule has 1 saturated carbocycles. The first-order valence-electron chi connectivity index (χ1n) is 9.98. The predicted octanol–water partition coefficient (Wildman–Crippen LogP) is 2.80. The molecule has 154 valence electrons. The van der Waals surface area contributed by atoms with E-state index in [1.165, 1.54) is 13.8 Å². The van der Waals surface area contributed by atoms with E-state index in [9.17, 15) is 9.59 Å². The Hall–Kier alpha value is -1.18. The van der Waals surface area contributed by atoms with E-state index in [4.69, 9.17) is 23.7 Å². The molecule has 7 heteroatoms. The molecular formula is C20H32O7. The number of carbonyl (C=O) groups excluding carboxylic acids is 2. The molecule has 0 aromatic carbocycles. The molecule has 3 aliphatic rings. The van der Waals surface area contributed by atoms with Crippen molar-refractivity contribution in [3.63, 3.8) is 0 Å². The molecule has 0 bridgehead atoms. The Morgan fingerprint density at radius 3 is 2.56 bits per heavy atom. The molecule has 7 nitrogen and oxygen atoms in total. The molecule has 0 amide bonds. The van der Waals surface area contributed by atoms with E-state index in [2.05, 4.69) is 6.92 Å². The lowest BCUT2D eigenvalue weighted by Gasteiger charge is -2.41. The van der Waals surface area contributed by atoms with E-state index in [0.29, 0.717) is 12.5 Å². The van der Waals surface area contributed by atoms with Gasteiger partial charge in [0.05, 0.1) is 18.6 Å². The second-order valence-corrected chi connectivity index (χ2v) is 8.60. The van der Waals surface area contributed by atoms with Gasteiger partial charge in [0, 0.05) is 13.8 Å². The lowest BCUT2D eigenvalue weighted by molar-refractivity contribution is -0.223. The Morgan fingerprint density at radius 1 is 1.15 bits per heavy atom. The van der Waals surface area contributed by atoms with Crippen LogP contribution in [0.5, 0.6) is 0 Å². The highest BCUT2D eigenvalue weighted by molar-refractivity contribution is 5.66. The molecule has 0 aromatic heterocycles. The summed E-state index contributed by atoms with van der Waals surface area (Å²) in [6.07, 6.45) is 2.68. The van der Waals surface area contributed by atoms with E-state index in [0.717, 1.165) is 25.7 Å². The van der Waals surface area contributed by atoms with Crippen LogP contribution in [0.4, 0.5) is 0 Å². The zero-order chi connectivity index (χ0) is 19.8. The van der Waals surface area contributed by atoms with Crippen molar-refractivity contribution in [2.45, 2.75) is 90.7 Å². The summed E-state index contributed by atoms with van der Waals surface area (Å²) in [4.78, 5) is 22.8. The summed E-state index contributed by atoms with van der Waals surface area (Å²) in [7, 11) is 0. The van der Waals surface area contributed by atoms with E-state index in [-0.39, 0.29) is 42.1 Å². The fourth-order valence-corrected chi connectivity index (χ4v) is 4.77. The quantitative estimate of drug-likeness (QED) is 0.651. The summed E-state index contributed by atoms with van der Waals surface area (Å²) in [6, 6.07) is 0. The molecule has 2 heterocycles. The average Bonchev–Trinajstić information content (AvgIpc) is 3.00. The van der Waals surface area contributed by atoms with Gasteiger partial charge < -0.3 is 23.7 Å². The third kappa shape index (κ3) is 4.81. The number of rotatable bonds is 6. The Morgan fingerprint density at radius 2 is 1.89 bits per heavy atom. The number of hydrogen-bond donors (Lipinski definition) is 0. The van der Waals surface area contributed by atoms with Gasteiger partial charge in [0.2, 0.25) is 0 Å². The zero-order valence-electron chi connectivity index (χ0n) is 16.9. The van der Waals surface area contributed by atoms with Crippen LogP contribution >= 0.6 is 0 Å². The summed E-state index contributed by atoms with van der Waals surface area (Å²) in [5.74, 6) is -0.641. The molecule has 0 N–H and O–H groups in total. The van der Waals surface area contributed by atoms with Gasteiger partial charge in [-0.3, -0.25) is 9.59 Å². The molecule has 2 aliphatic heterocycles. The maximum absolute atomic E-state index is 11.8. The average molecular weight is 384 g/mol. The first-order valence-corrected chi connectivity index (χ1v) is 9.98. The van der Waals surface area contributed by atoms with Crippen LogP contribution in [-0.2, 0) is 33.3 Å². The molecular weight excluding hydrogens is 352 g/mol. The second-order valence-electron chi connectivity index (χ2n) is 8.60. The van der Waals surface area contributed by atoms with E-state index < -0.39 is 12.1 Å². The van der Waals surface area contributed by atoms with E-state index in [1.807, 2.05) is 13.8 Å². The van der Waals surface area contributed by atoms with Gasteiger partial charge in [-0.1, -0.05) is 6.92 Å². The fraction of sp³-hybridized carbons (Fsp3) is 0.900. The van der Waals surface area contributed by atoms with Crippen molar-refractivity contribution in [2.24, 2.45) is 17.8 Å². The minimum atomic E-state index is -0.689. The molecule has 3 rings (SSSR count). The van der Waals surface area contributed by atoms with Crippen LogP contribution in [-0.4, -0.2) is 48.9 Å². The monoisotopic (exact) mass is 384 g/mol. The van der Waals surface area contributed by atoms with Gasteiger partial charge in [-0.15, -0.1) is 0 Å². The highest BCUT2D eigenvalue weighted by atomic mass is 16.8. The van der Waals surface area contributed by atoms with Gasteiger partial charge in [-0.2, -0.15) is 0 Å². The zero-order valence-corrected chi connectivity index (χ0v) is 16.9. The minimum absolute atomic E-state index is 0.00643. The van der Waals surface area contributed by atoms with Crippen molar-refractivity contribution >= 4 is 11.9 Å². The highest BCUT2D eigenvalue weighted by Gasteiger charge is 2.60. The molecule has 0 aromatic rings. The normalized spacial score (nSPS) is 38.0. The number of fused-ring (bicyclic) bond motifs is 3. The summed E-state index contributed by atoms with van der Waals surface area (Å²) in [5.41, 5.74) is 0. The van der Waals surface area contributed by atoms with Crippen molar-refractivity contribution < 1.29 is 33.3 Å². The smallest absolute Gasteiger partial charge is 0.302 e. The van der Waals surface area contributed by atoms with Gasteiger partial charge >= 0.3 is 11.9 Å². The predicted molar refractivity (Wildman–Crippen MR) is 95.5 cm³/mol. The molecule has 0 spiro atoms. The van der Waals surface area contributed by atoms with Crippen LogP contribution in [0.25, 0.3) is 0 Å². The maximum Gasteiger partial charge on any atom is 0.302 e. The molecule has 3 fully saturated rings. The summed E-state index contributed by atoms with van der Waals surface area (Å²) in [6.45, 7) is 9.20. The van der Waals surface area contributed by atoms with Crippen molar-refractivity contribution in [3.05, 3.63) is 0 Å². The van der Waals surface area contributed by atoms with Gasteiger partial charge in [0.1, 0.15) is 12.2 Å². The maximum atomic E-state index is 11.8. The lowest BCUT2D eigenvalue weighted by atomic mass is 9.72. The second kappa shape index (κ2) is 8.05. The minimum Gasteiger partial charge on any atom is -0.466 e. The molecule has 7 atom stereocenters. The van der Waals surface area contributed by atoms with Gasteiger partial charge in [0.25, 0.3) is 0 Å². The lowest BCUT2D eigenvalue weighted by Crippen LogP contribution is -2.48. The summed E-state index contributed by atoms with van der Waals surface area (Å²) in [5, 5.41) is 0. The third-order valence-corrected chi connectivity index (χ3v) is 5.79. The topological polar surface area (TPSA) is 80.3 Å². The van der Waals surface area contributed by atoms with Crippen LogP contribution < -0.4 is 0 Å². The molecule has 1 aliphatic carbocycles. The number of ether oxygens (including phenoxy) is 5. The van der Waals surface area contributed by atoms with Crippen molar-refractivity contribution in [1.82, 2.24) is 0 Å². The van der Waals surface area contributed by atoms with Gasteiger partial charge in [-0.05, 0) is 51.4 Å². The standard InChI is InChI=1S/C20H32O7/c1-11(8-9-23-12(2)21)10-14-6-7-15-16(17(14)24-13(3)22)18-19(25-15)27-20(4,5)26-18/h11,14-19H,6-10H2,1-5H3/t11-,14+,15-,16+,17+,18-,19-/m1/s1. The van der Waals surface area contributed by atoms with Gasteiger partial charge in [-0.25, -0.2) is 0 Å². The SMILES string of the molecule is CC(=O)OCC[C@@H](C)C[C@@H]1CC[C@H]2O[C@@H]3OC(C)(C)O[C@@H]3[C@@H]2[C@H]1OC(C)=O. The molecule has 2 saturated heterocycles. The van der Waals surface area contributed by atoms with Crippen LogP contribution in [0.2, 0.25) is 0 Å². The van der Waals surface area contributed by atoms with Crippen LogP contribution in [0.15, 0.2) is 0 Å². The Kier molecular flexibility index (Phi) is 6.13. The third-order valence-electron chi connectivity index (χ3n) is 5.79. The first kappa shape index (κ1) is 20.6. The van der Waals surface area contributed by atoms with Crippen molar-refractivity contribution in [2.75, 3.05) is 6.61 Å². The largest absolute Gasteiger partial charge is 0.466 e. The summed E-state index contributed by atoms with van der Waals surface area (Å²) < 4.78 is 28.9. The molecule has 0 unspecified atom stereocenters. The van der Waals surface area contributed by atoms with Crippen molar-refractivity contribution in [3.8, 4) is 0 Å². The van der Waals surface area contributed by atoms with Gasteiger partial charge in [0.15, 0.2) is 12.1 Å². The Balaban J connectivity index is 1.67. The molecule has 0 radical (unpaired) electrons. The number of carbonyl (C=O) groups is 2. The van der Waals surface area contributed by atoms with E-state index >= 15 is 0 Å². The number of esters is 2. The van der Waals surface area contributed by atoms with E-state index in [1.54, 1.807) is 0 Å². The summed E-state index contributed by atoms with van der Waals surface area (Å²) >= 11 is 0. The Labute approximate surface area is 161 Å². The first-order chi connectivity index (χ1) is 12.7. The molecule has 27 heavy (non-hydrogen) atoms. The van der Waals surface area contributed by atoms with Crippen LogP contribution in [0, 0.1) is 17.8 Å². The highest BCUT2D eigenvalue weighted by Crippen LogP contribution is 2.49. The fourth-order valence-electron chi connectivity index (χ4n) is 4.77. The van der Waals surface area contributed by atoms with Crippen LogP contribution in [0.3, 0.4) is 0 Å². The van der Waals surface area contributed by atoms with Crippen LogP contribution in [0.1, 0.15) is 60.3 Å². The number of hydrogen-bond acceptors (Lipinski definition) is 7.